The molecule has 0 aliphatic heterocycles. The highest BCUT2D eigenvalue weighted by molar-refractivity contribution is 5.37. The molecular formula is C17H14N2. The quantitative estimate of drug-likeness (QED) is 0.828. The molecule has 0 saturated heterocycles. The predicted molar refractivity (Wildman–Crippen MR) is 74.4 cm³/mol. The minimum atomic E-state index is -0.172. The monoisotopic (exact) mass is 246 g/mol. The maximum Gasteiger partial charge on any atom is 0.0991 e. The molecule has 0 fully saturated rings. The molecule has 0 spiro atoms. The number of nitrogens with zero attached hydrogens (tertiary/aromatic N) is 2. The summed E-state index contributed by atoms with van der Waals surface area (Å²) in [7, 11) is 0. The number of nitriles is 2. The second-order valence-electron chi connectivity index (χ2n) is 4.55. The molecule has 0 aliphatic carbocycles. The molecule has 2 rings (SSSR count). The molecule has 0 saturated carbocycles. The maximum atomic E-state index is 9.34. The largest absolute Gasteiger partial charge is 0.198 e. The molecule has 0 bridgehead atoms. The second kappa shape index (κ2) is 5.85. The highest BCUT2D eigenvalue weighted by atomic mass is 14.3. The molecule has 2 nitrogen and oxygen atoms in total. The van der Waals surface area contributed by atoms with Crippen LogP contribution in [0.4, 0.5) is 0 Å². The van der Waals surface area contributed by atoms with E-state index in [0.29, 0.717) is 12.0 Å². The van der Waals surface area contributed by atoms with Crippen LogP contribution in [0.1, 0.15) is 28.2 Å². The van der Waals surface area contributed by atoms with E-state index in [9.17, 15) is 5.26 Å². The number of rotatable bonds is 3. The van der Waals surface area contributed by atoms with Crippen LogP contribution in [0.2, 0.25) is 0 Å². The summed E-state index contributed by atoms with van der Waals surface area (Å²) in [6.45, 7) is 2.06. The molecule has 19 heavy (non-hydrogen) atoms. The number of hydrogen-bond acceptors (Lipinski definition) is 2. The topological polar surface area (TPSA) is 47.6 Å². The molecule has 0 aliphatic rings. The highest BCUT2D eigenvalue weighted by Crippen LogP contribution is 2.22. The SMILES string of the molecule is Cc1ccccc1CC(C#N)c1ccc(C#N)cc1. The van der Waals surface area contributed by atoms with Gasteiger partial charge < -0.3 is 0 Å². The fraction of sp³-hybridized carbons (Fsp3) is 0.176. The van der Waals surface area contributed by atoms with Gasteiger partial charge in [-0.25, -0.2) is 0 Å². The number of hydrogen-bond donors (Lipinski definition) is 0. The van der Waals surface area contributed by atoms with Crippen LogP contribution in [0.25, 0.3) is 0 Å². The molecule has 1 unspecified atom stereocenters. The molecule has 0 radical (unpaired) electrons. The Labute approximate surface area is 113 Å². The summed E-state index contributed by atoms with van der Waals surface area (Å²) >= 11 is 0. The van der Waals surface area contributed by atoms with E-state index in [-0.39, 0.29) is 5.92 Å². The smallest absolute Gasteiger partial charge is 0.0991 e. The van der Waals surface area contributed by atoms with Crippen LogP contribution >= 0.6 is 0 Å². The van der Waals surface area contributed by atoms with Crippen molar-refractivity contribution >= 4 is 0 Å². The average molecular weight is 246 g/mol. The molecule has 0 aromatic heterocycles. The van der Waals surface area contributed by atoms with Gasteiger partial charge in [0.05, 0.1) is 23.6 Å². The summed E-state index contributed by atoms with van der Waals surface area (Å²) in [6.07, 6.45) is 0.703. The third-order valence-electron chi connectivity index (χ3n) is 3.28. The van der Waals surface area contributed by atoms with Gasteiger partial charge in [0.1, 0.15) is 0 Å². The van der Waals surface area contributed by atoms with Gasteiger partial charge in [0.2, 0.25) is 0 Å². The lowest BCUT2D eigenvalue weighted by Gasteiger charge is -2.11. The first kappa shape index (κ1) is 12.9. The van der Waals surface area contributed by atoms with E-state index in [4.69, 9.17) is 5.26 Å². The van der Waals surface area contributed by atoms with Gasteiger partial charge in [-0.05, 0) is 42.2 Å². The lowest BCUT2D eigenvalue weighted by Crippen LogP contribution is -2.02. The van der Waals surface area contributed by atoms with Crippen LogP contribution in [0.5, 0.6) is 0 Å². The third-order valence-corrected chi connectivity index (χ3v) is 3.28. The Morgan fingerprint density at radius 1 is 1.00 bits per heavy atom. The van der Waals surface area contributed by atoms with E-state index in [0.717, 1.165) is 5.56 Å². The van der Waals surface area contributed by atoms with E-state index in [1.807, 2.05) is 24.3 Å². The van der Waals surface area contributed by atoms with Crippen LogP contribution in [-0.2, 0) is 6.42 Å². The normalized spacial score (nSPS) is 11.3. The van der Waals surface area contributed by atoms with E-state index in [1.165, 1.54) is 11.1 Å². The van der Waals surface area contributed by atoms with Crippen LogP contribution in [0.15, 0.2) is 48.5 Å². The zero-order valence-electron chi connectivity index (χ0n) is 10.8. The van der Waals surface area contributed by atoms with Crippen molar-refractivity contribution in [3.63, 3.8) is 0 Å². The van der Waals surface area contributed by atoms with E-state index in [1.54, 1.807) is 12.1 Å². The molecule has 2 aromatic carbocycles. The number of aryl methyl sites for hydroxylation is 1. The second-order valence-corrected chi connectivity index (χ2v) is 4.55. The van der Waals surface area contributed by atoms with Gasteiger partial charge in [0.15, 0.2) is 0 Å². The van der Waals surface area contributed by atoms with Crippen molar-refractivity contribution in [3.8, 4) is 12.1 Å². The summed E-state index contributed by atoms with van der Waals surface area (Å²) in [4.78, 5) is 0. The first-order chi connectivity index (χ1) is 9.24. The Hall–Kier alpha value is -2.58. The lowest BCUT2D eigenvalue weighted by molar-refractivity contribution is 0.843. The molecule has 1 atom stereocenters. The summed E-state index contributed by atoms with van der Waals surface area (Å²) < 4.78 is 0. The van der Waals surface area contributed by atoms with E-state index >= 15 is 0 Å². The van der Waals surface area contributed by atoms with E-state index < -0.39 is 0 Å². The van der Waals surface area contributed by atoms with Crippen LogP contribution < -0.4 is 0 Å². The zero-order chi connectivity index (χ0) is 13.7. The highest BCUT2D eigenvalue weighted by Gasteiger charge is 2.12. The molecule has 92 valence electrons. The summed E-state index contributed by atoms with van der Waals surface area (Å²) in [5.41, 5.74) is 3.98. The van der Waals surface area contributed by atoms with Crippen molar-refractivity contribution < 1.29 is 0 Å². The first-order valence-corrected chi connectivity index (χ1v) is 6.19. The molecular weight excluding hydrogens is 232 g/mol. The standard InChI is InChI=1S/C17H14N2/c1-13-4-2-3-5-16(13)10-17(12-19)15-8-6-14(11-18)7-9-15/h2-9,17H,10H2,1H3. The Bertz CT molecular complexity index is 642. The van der Waals surface area contributed by atoms with Gasteiger partial charge in [-0.3, -0.25) is 0 Å². The first-order valence-electron chi connectivity index (χ1n) is 6.19. The Morgan fingerprint density at radius 3 is 2.26 bits per heavy atom. The maximum absolute atomic E-state index is 9.34. The van der Waals surface area contributed by atoms with Crippen molar-refractivity contribution in [2.45, 2.75) is 19.3 Å². The van der Waals surface area contributed by atoms with Crippen LogP contribution in [0, 0.1) is 29.6 Å². The van der Waals surface area contributed by atoms with Crippen molar-refractivity contribution in [2.75, 3.05) is 0 Å². The third kappa shape index (κ3) is 3.00. The van der Waals surface area contributed by atoms with Crippen molar-refractivity contribution in [2.24, 2.45) is 0 Å². The Morgan fingerprint density at radius 2 is 1.68 bits per heavy atom. The molecule has 0 amide bonds. The van der Waals surface area contributed by atoms with Crippen LogP contribution in [0.3, 0.4) is 0 Å². The Balaban J connectivity index is 2.24. The van der Waals surface area contributed by atoms with Gasteiger partial charge in [0, 0.05) is 0 Å². The summed E-state index contributed by atoms with van der Waals surface area (Å²) in [5, 5.41) is 18.1. The fourth-order valence-corrected chi connectivity index (χ4v) is 2.09. The molecule has 0 heterocycles. The molecule has 2 heteroatoms. The van der Waals surface area contributed by atoms with Gasteiger partial charge in [-0.1, -0.05) is 36.4 Å². The fourth-order valence-electron chi connectivity index (χ4n) is 2.09. The van der Waals surface area contributed by atoms with E-state index in [2.05, 4.69) is 31.2 Å². The van der Waals surface area contributed by atoms with Crippen molar-refractivity contribution in [3.05, 3.63) is 70.8 Å². The average Bonchev–Trinajstić information content (AvgIpc) is 2.47. The van der Waals surface area contributed by atoms with Gasteiger partial charge in [-0.15, -0.1) is 0 Å². The van der Waals surface area contributed by atoms with Crippen LogP contribution in [-0.4, -0.2) is 0 Å². The van der Waals surface area contributed by atoms with Crippen molar-refractivity contribution in [1.82, 2.24) is 0 Å². The molecule has 0 N–H and O–H groups in total. The molecule has 2 aromatic rings. The zero-order valence-corrected chi connectivity index (χ0v) is 10.8. The summed E-state index contributed by atoms with van der Waals surface area (Å²) in [6, 6.07) is 19.8. The van der Waals surface area contributed by atoms with Gasteiger partial charge in [0.25, 0.3) is 0 Å². The minimum Gasteiger partial charge on any atom is -0.198 e. The lowest BCUT2D eigenvalue weighted by atomic mass is 9.91. The van der Waals surface area contributed by atoms with Crippen molar-refractivity contribution in [1.29, 1.82) is 10.5 Å². The van der Waals surface area contributed by atoms with Gasteiger partial charge in [-0.2, -0.15) is 10.5 Å². The Kier molecular flexibility index (Phi) is 3.96. The predicted octanol–water partition coefficient (Wildman–Crippen LogP) is 3.72. The van der Waals surface area contributed by atoms with Gasteiger partial charge >= 0.3 is 0 Å². The summed E-state index contributed by atoms with van der Waals surface area (Å²) in [5.74, 6) is -0.172. The minimum absolute atomic E-state index is 0.172. The number of benzene rings is 2.